The van der Waals surface area contributed by atoms with Crippen LogP contribution in [-0.4, -0.2) is 36.1 Å². The third kappa shape index (κ3) is 4.52. The number of piperidine rings is 1. The number of aromatic amines is 1. The molecule has 4 rings (SSSR count). The van der Waals surface area contributed by atoms with Crippen molar-refractivity contribution >= 4 is 16.8 Å². The number of aromatic nitrogens is 1. The minimum atomic E-state index is -0.256. The Kier molecular flexibility index (Phi) is 6.34. The Balaban J connectivity index is 0.00000150. The second-order valence-corrected chi connectivity index (χ2v) is 7.14. The minimum Gasteiger partial charge on any atom is -1.00 e. The lowest BCUT2D eigenvalue weighted by molar-refractivity contribution is -0.0000143. The van der Waals surface area contributed by atoms with Crippen molar-refractivity contribution in [1.82, 2.24) is 15.6 Å². The summed E-state index contributed by atoms with van der Waals surface area (Å²) >= 11 is 0. The van der Waals surface area contributed by atoms with Gasteiger partial charge in [-0.15, -0.1) is 0 Å². The Bertz CT molecular complexity index is 955. The summed E-state index contributed by atoms with van der Waals surface area (Å²) in [6.45, 7) is 1.38. The van der Waals surface area contributed by atoms with Gasteiger partial charge in [-0.05, 0) is 48.2 Å². The molecule has 0 saturated carbocycles. The molecule has 2 unspecified atom stereocenters. The number of hydrogen-bond donors (Lipinski definition) is 4. The minimum absolute atomic E-state index is 0. The summed E-state index contributed by atoms with van der Waals surface area (Å²) in [5.41, 5.74) is 9.19. The number of carbonyl (C=O) groups excluding carboxylic acids is 1. The largest absolute Gasteiger partial charge is 1.00 e. The first-order valence-corrected chi connectivity index (χ1v) is 9.24. The Morgan fingerprint density at radius 3 is 2.61 bits per heavy atom. The molecular weight excluding hydrogens is 379 g/mol. The number of fused-ring (bicyclic) bond motifs is 1. The predicted octanol–water partition coefficient (Wildman–Crippen LogP) is -0.100. The fraction of sp³-hybridized carbons (Fsp3) is 0.286. The Hall–Kier alpha value is -2.41. The van der Waals surface area contributed by atoms with E-state index in [4.69, 9.17) is 5.73 Å². The molecule has 1 saturated heterocycles. The van der Waals surface area contributed by atoms with E-state index in [0.29, 0.717) is 12.2 Å². The quantitative estimate of drug-likeness (QED) is 0.492. The molecule has 0 spiro atoms. The molecule has 1 aliphatic rings. The molecule has 7 heteroatoms. The summed E-state index contributed by atoms with van der Waals surface area (Å²) in [7, 11) is 0. The number of carbonyl (C=O) groups is 1. The maximum absolute atomic E-state index is 13.1. The zero-order chi connectivity index (χ0) is 18.8. The molecule has 0 radical (unpaired) electrons. The normalized spacial score (nSPS) is 19.2. The van der Waals surface area contributed by atoms with Crippen LogP contribution in [0.15, 0.2) is 48.5 Å². The third-order valence-corrected chi connectivity index (χ3v) is 5.11. The summed E-state index contributed by atoms with van der Waals surface area (Å²) in [4.78, 5) is 15.7. The number of nitrogens with two attached hydrogens (primary N) is 1. The van der Waals surface area contributed by atoms with Gasteiger partial charge in [0.25, 0.3) is 5.91 Å². The van der Waals surface area contributed by atoms with Crippen LogP contribution in [0.3, 0.4) is 0 Å². The summed E-state index contributed by atoms with van der Waals surface area (Å²) in [5.74, 6) is -0.376. The molecule has 2 heterocycles. The van der Waals surface area contributed by atoms with Crippen molar-refractivity contribution in [1.29, 1.82) is 0 Å². The predicted molar refractivity (Wildman–Crippen MR) is 106 cm³/mol. The lowest BCUT2D eigenvalue weighted by Gasteiger charge is -2.27. The van der Waals surface area contributed by atoms with Crippen LogP contribution in [0.2, 0.25) is 0 Å². The SMILES string of the molecule is NC1CCC(CNC(=O)c2cc3ccc(-c4ccc(F)cc4)cc3[nH]2)NC1.[Cl-].[H+]. The molecule has 5 N–H and O–H groups in total. The van der Waals surface area contributed by atoms with Gasteiger partial charge in [-0.2, -0.15) is 0 Å². The average Bonchev–Trinajstić information content (AvgIpc) is 3.11. The maximum Gasteiger partial charge on any atom is 1.00 e. The Labute approximate surface area is 170 Å². The van der Waals surface area contributed by atoms with Crippen LogP contribution in [0.25, 0.3) is 22.0 Å². The molecule has 1 aromatic heterocycles. The van der Waals surface area contributed by atoms with Gasteiger partial charge >= 0.3 is 1.43 Å². The van der Waals surface area contributed by atoms with Crippen LogP contribution >= 0.6 is 0 Å². The first-order chi connectivity index (χ1) is 13.1. The van der Waals surface area contributed by atoms with Crippen LogP contribution < -0.4 is 28.8 Å². The number of rotatable bonds is 4. The van der Waals surface area contributed by atoms with Crippen molar-refractivity contribution in [2.75, 3.05) is 13.1 Å². The van der Waals surface area contributed by atoms with Gasteiger partial charge in [0.2, 0.25) is 0 Å². The van der Waals surface area contributed by atoms with E-state index in [1.807, 2.05) is 24.3 Å². The van der Waals surface area contributed by atoms with Crippen LogP contribution in [-0.2, 0) is 0 Å². The molecule has 28 heavy (non-hydrogen) atoms. The van der Waals surface area contributed by atoms with Crippen LogP contribution in [0.4, 0.5) is 4.39 Å². The van der Waals surface area contributed by atoms with Gasteiger partial charge in [0.15, 0.2) is 0 Å². The lowest BCUT2D eigenvalue weighted by Crippen LogP contribution is -3.00. The van der Waals surface area contributed by atoms with Crippen LogP contribution in [0.1, 0.15) is 24.8 Å². The highest BCUT2D eigenvalue weighted by atomic mass is 35.5. The highest BCUT2D eigenvalue weighted by molar-refractivity contribution is 5.98. The first kappa shape index (κ1) is 20.3. The van der Waals surface area contributed by atoms with Crippen molar-refractivity contribution in [3.8, 4) is 11.1 Å². The van der Waals surface area contributed by atoms with E-state index in [2.05, 4.69) is 15.6 Å². The lowest BCUT2D eigenvalue weighted by atomic mass is 10.0. The topological polar surface area (TPSA) is 82.9 Å². The van der Waals surface area contributed by atoms with Gasteiger partial charge in [0, 0.05) is 36.1 Å². The van der Waals surface area contributed by atoms with Gasteiger partial charge < -0.3 is 33.8 Å². The van der Waals surface area contributed by atoms with Gasteiger partial charge in [-0.3, -0.25) is 4.79 Å². The number of halogens is 2. The smallest absolute Gasteiger partial charge is 1.00 e. The monoisotopic (exact) mass is 402 g/mol. The second-order valence-electron chi connectivity index (χ2n) is 7.14. The molecule has 1 aliphatic heterocycles. The molecule has 1 fully saturated rings. The van der Waals surface area contributed by atoms with E-state index >= 15 is 0 Å². The fourth-order valence-corrected chi connectivity index (χ4v) is 3.49. The molecule has 148 valence electrons. The highest BCUT2D eigenvalue weighted by Gasteiger charge is 2.19. The Morgan fingerprint density at radius 1 is 1.14 bits per heavy atom. The number of hydrogen-bond acceptors (Lipinski definition) is 3. The van der Waals surface area contributed by atoms with E-state index in [-0.39, 0.29) is 37.6 Å². The fourth-order valence-electron chi connectivity index (χ4n) is 3.49. The van der Waals surface area contributed by atoms with E-state index in [1.54, 1.807) is 12.1 Å². The molecule has 2 atom stereocenters. The van der Waals surface area contributed by atoms with Crippen molar-refractivity contribution in [3.63, 3.8) is 0 Å². The zero-order valence-electron chi connectivity index (χ0n) is 16.3. The van der Waals surface area contributed by atoms with Gasteiger partial charge in [0.1, 0.15) is 11.5 Å². The Morgan fingerprint density at radius 2 is 1.89 bits per heavy atom. The summed E-state index contributed by atoms with van der Waals surface area (Å²) in [5, 5.41) is 7.30. The maximum atomic E-state index is 13.1. The number of H-pyrrole nitrogens is 1. The summed E-state index contributed by atoms with van der Waals surface area (Å²) in [6, 6.07) is 14.6. The highest BCUT2D eigenvalue weighted by Crippen LogP contribution is 2.25. The first-order valence-electron chi connectivity index (χ1n) is 9.24. The van der Waals surface area contributed by atoms with Crippen LogP contribution in [0, 0.1) is 5.82 Å². The molecular formula is C21H24ClFN4O. The van der Waals surface area contributed by atoms with Crippen molar-refractivity contribution in [3.05, 3.63) is 60.0 Å². The molecule has 2 aromatic carbocycles. The summed E-state index contributed by atoms with van der Waals surface area (Å²) < 4.78 is 13.1. The van der Waals surface area contributed by atoms with Gasteiger partial charge in [-0.25, -0.2) is 4.39 Å². The van der Waals surface area contributed by atoms with Crippen molar-refractivity contribution in [2.45, 2.75) is 24.9 Å². The van der Waals surface area contributed by atoms with Crippen molar-refractivity contribution in [2.24, 2.45) is 5.73 Å². The molecule has 3 aromatic rings. The van der Waals surface area contributed by atoms with E-state index in [1.165, 1.54) is 12.1 Å². The third-order valence-electron chi connectivity index (χ3n) is 5.11. The van der Waals surface area contributed by atoms with E-state index < -0.39 is 0 Å². The number of benzene rings is 2. The number of nitrogens with one attached hydrogen (secondary N) is 3. The van der Waals surface area contributed by atoms with Crippen molar-refractivity contribution < 1.29 is 23.0 Å². The summed E-state index contributed by atoms with van der Waals surface area (Å²) in [6.07, 6.45) is 1.95. The molecule has 0 bridgehead atoms. The van der Waals surface area contributed by atoms with E-state index in [9.17, 15) is 9.18 Å². The van der Waals surface area contributed by atoms with Gasteiger partial charge in [0.05, 0.1) is 0 Å². The molecule has 0 aliphatic carbocycles. The van der Waals surface area contributed by atoms with Crippen LogP contribution in [0.5, 0.6) is 0 Å². The standard InChI is InChI=1S/C21H23FN4O.ClH/c22-16-5-3-13(4-6-16)14-1-2-15-10-20(26-19(15)9-14)21(27)25-12-18-8-7-17(23)11-24-18;/h1-6,9-10,17-18,24,26H,7-8,11-12,23H2,(H,25,27);1H. The number of amides is 1. The van der Waals surface area contributed by atoms with Gasteiger partial charge in [-0.1, -0.05) is 24.3 Å². The average molecular weight is 403 g/mol. The second kappa shape index (κ2) is 8.73. The molecule has 1 amide bonds. The zero-order valence-corrected chi connectivity index (χ0v) is 16.1. The molecule has 5 nitrogen and oxygen atoms in total. The van der Waals surface area contributed by atoms with E-state index in [0.717, 1.165) is 41.4 Å².